The fourth-order valence-electron chi connectivity index (χ4n) is 1.82. The molecule has 3 nitrogen and oxygen atoms in total. The van der Waals surface area contributed by atoms with Gasteiger partial charge in [-0.1, -0.05) is 19.9 Å². The third-order valence-electron chi connectivity index (χ3n) is 2.91. The van der Waals surface area contributed by atoms with E-state index in [-0.39, 0.29) is 0 Å². The summed E-state index contributed by atoms with van der Waals surface area (Å²) < 4.78 is 16.0. The molecule has 0 unspecified atom stereocenters. The topological polar surface area (TPSA) is 27.7 Å². The van der Waals surface area contributed by atoms with Crippen molar-refractivity contribution < 1.29 is 14.2 Å². The lowest BCUT2D eigenvalue weighted by Crippen LogP contribution is -1.96. The van der Waals surface area contributed by atoms with Crippen LogP contribution >= 0.6 is 0 Å². The van der Waals surface area contributed by atoms with E-state index in [9.17, 15) is 0 Å². The molecular formula is C15H22O3. The number of hydrogen-bond donors (Lipinski definition) is 0. The van der Waals surface area contributed by atoms with Crippen molar-refractivity contribution in [3.63, 3.8) is 0 Å². The van der Waals surface area contributed by atoms with Crippen molar-refractivity contribution in [1.82, 2.24) is 0 Å². The van der Waals surface area contributed by atoms with Crippen LogP contribution in [0.1, 0.15) is 31.7 Å². The molecule has 0 heterocycles. The zero-order valence-electron chi connectivity index (χ0n) is 11.7. The Morgan fingerprint density at radius 1 is 1.06 bits per heavy atom. The van der Waals surface area contributed by atoms with E-state index in [0.29, 0.717) is 17.2 Å². The molecule has 0 radical (unpaired) electrons. The van der Waals surface area contributed by atoms with Gasteiger partial charge in [0.25, 0.3) is 0 Å². The van der Waals surface area contributed by atoms with E-state index in [0.717, 1.165) is 30.4 Å². The van der Waals surface area contributed by atoms with Crippen molar-refractivity contribution >= 4 is 5.57 Å². The molecule has 0 amide bonds. The Morgan fingerprint density at radius 3 is 2.00 bits per heavy atom. The minimum absolute atomic E-state index is 0.618. The molecule has 1 aromatic carbocycles. The number of methoxy groups -OCH3 is 3. The van der Waals surface area contributed by atoms with Crippen LogP contribution in [0.4, 0.5) is 0 Å². The summed E-state index contributed by atoms with van der Waals surface area (Å²) in [7, 11) is 4.84. The summed E-state index contributed by atoms with van der Waals surface area (Å²) in [4.78, 5) is 0. The molecule has 18 heavy (non-hydrogen) atoms. The summed E-state index contributed by atoms with van der Waals surface area (Å²) in [5.74, 6) is 1.96. The van der Waals surface area contributed by atoms with Crippen molar-refractivity contribution in [1.29, 1.82) is 0 Å². The quantitative estimate of drug-likeness (QED) is 0.734. The second-order valence-electron chi connectivity index (χ2n) is 4.12. The van der Waals surface area contributed by atoms with Gasteiger partial charge in [0.15, 0.2) is 11.5 Å². The number of allylic oxidation sites excluding steroid dienone is 1. The highest BCUT2D eigenvalue weighted by atomic mass is 16.5. The van der Waals surface area contributed by atoms with Crippen LogP contribution in [0.5, 0.6) is 17.2 Å². The van der Waals surface area contributed by atoms with Crippen molar-refractivity contribution in [2.45, 2.75) is 26.2 Å². The molecule has 3 heteroatoms. The molecule has 0 aliphatic heterocycles. The van der Waals surface area contributed by atoms with Gasteiger partial charge in [0, 0.05) is 0 Å². The molecule has 0 bridgehead atoms. The fraction of sp³-hybridized carbons (Fsp3) is 0.467. The first-order chi connectivity index (χ1) is 8.67. The maximum atomic E-state index is 5.33. The molecular weight excluding hydrogens is 228 g/mol. The van der Waals surface area contributed by atoms with Crippen LogP contribution in [0.25, 0.3) is 5.57 Å². The Balaban J connectivity index is 3.10. The van der Waals surface area contributed by atoms with Crippen LogP contribution in [0.3, 0.4) is 0 Å². The second kappa shape index (κ2) is 6.94. The zero-order chi connectivity index (χ0) is 13.5. The molecule has 100 valence electrons. The van der Waals surface area contributed by atoms with Gasteiger partial charge in [-0.25, -0.2) is 0 Å². The Bertz CT molecular complexity index is 385. The van der Waals surface area contributed by atoms with Gasteiger partial charge in [0.1, 0.15) is 0 Å². The highest BCUT2D eigenvalue weighted by Gasteiger charge is 2.14. The Morgan fingerprint density at radius 2 is 1.61 bits per heavy atom. The van der Waals surface area contributed by atoms with E-state index in [4.69, 9.17) is 14.2 Å². The first-order valence-electron chi connectivity index (χ1n) is 6.16. The van der Waals surface area contributed by atoms with E-state index < -0.39 is 0 Å². The van der Waals surface area contributed by atoms with E-state index in [1.54, 1.807) is 21.3 Å². The third-order valence-corrected chi connectivity index (χ3v) is 2.91. The molecule has 0 aromatic heterocycles. The first-order valence-corrected chi connectivity index (χ1v) is 6.16. The minimum atomic E-state index is 0.618. The van der Waals surface area contributed by atoms with Crippen molar-refractivity contribution in [2.75, 3.05) is 21.3 Å². The maximum absolute atomic E-state index is 5.33. The van der Waals surface area contributed by atoms with Crippen LogP contribution < -0.4 is 14.2 Å². The van der Waals surface area contributed by atoms with E-state index in [1.165, 1.54) is 0 Å². The molecule has 0 atom stereocenters. The maximum Gasteiger partial charge on any atom is 0.203 e. The largest absolute Gasteiger partial charge is 0.493 e. The molecule has 0 aliphatic rings. The van der Waals surface area contributed by atoms with Gasteiger partial charge in [0.2, 0.25) is 5.75 Å². The number of ether oxygens (including phenoxy) is 3. The van der Waals surface area contributed by atoms with Crippen LogP contribution in [-0.2, 0) is 0 Å². The van der Waals surface area contributed by atoms with Gasteiger partial charge in [-0.2, -0.15) is 0 Å². The summed E-state index contributed by atoms with van der Waals surface area (Å²) in [6, 6.07) is 3.89. The van der Waals surface area contributed by atoms with E-state index >= 15 is 0 Å². The Kier molecular flexibility index (Phi) is 5.56. The highest BCUT2D eigenvalue weighted by Crippen LogP contribution is 2.40. The average Bonchev–Trinajstić information content (AvgIpc) is 2.42. The van der Waals surface area contributed by atoms with Crippen LogP contribution in [0.2, 0.25) is 0 Å². The predicted octanol–water partition coefficient (Wildman–Crippen LogP) is 3.92. The SMILES string of the molecule is C=C(CCCC)c1cc(OC)c(OC)c(OC)c1. The lowest BCUT2D eigenvalue weighted by molar-refractivity contribution is 0.324. The normalized spacial score (nSPS) is 10.0. The standard InChI is InChI=1S/C15H22O3/c1-6-7-8-11(2)12-9-13(16-3)15(18-5)14(10-12)17-4/h9-10H,2,6-8H2,1,3-5H3. The highest BCUT2D eigenvalue weighted by molar-refractivity contribution is 5.69. The Hall–Kier alpha value is -1.64. The fourth-order valence-corrected chi connectivity index (χ4v) is 1.82. The average molecular weight is 250 g/mol. The van der Waals surface area contributed by atoms with Gasteiger partial charge in [-0.3, -0.25) is 0 Å². The van der Waals surface area contributed by atoms with Crippen molar-refractivity contribution in [3.8, 4) is 17.2 Å². The van der Waals surface area contributed by atoms with Gasteiger partial charge in [0.05, 0.1) is 21.3 Å². The van der Waals surface area contributed by atoms with E-state index in [2.05, 4.69) is 13.5 Å². The number of benzene rings is 1. The molecule has 0 saturated heterocycles. The number of unbranched alkanes of at least 4 members (excludes halogenated alkanes) is 1. The number of hydrogen-bond acceptors (Lipinski definition) is 3. The molecule has 1 rings (SSSR count). The van der Waals surface area contributed by atoms with Crippen LogP contribution in [0, 0.1) is 0 Å². The summed E-state index contributed by atoms with van der Waals surface area (Å²) in [5, 5.41) is 0. The van der Waals surface area contributed by atoms with E-state index in [1.807, 2.05) is 12.1 Å². The van der Waals surface area contributed by atoms with Crippen molar-refractivity contribution in [3.05, 3.63) is 24.3 Å². The zero-order valence-corrected chi connectivity index (χ0v) is 11.7. The summed E-state index contributed by atoms with van der Waals surface area (Å²) in [6.45, 7) is 6.29. The number of rotatable bonds is 7. The molecule has 0 aliphatic carbocycles. The third kappa shape index (κ3) is 3.19. The van der Waals surface area contributed by atoms with Crippen LogP contribution in [0.15, 0.2) is 18.7 Å². The van der Waals surface area contributed by atoms with Gasteiger partial charge in [-0.15, -0.1) is 0 Å². The summed E-state index contributed by atoms with van der Waals surface area (Å²) >= 11 is 0. The van der Waals surface area contributed by atoms with Gasteiger partial charge >= 0.3 is 0 Å². The van der Waals surface area contributed by atoms with Gasteiger partial charge in [-0.05, 0) is 36.1 Å². The lowest BCUT2D eigenvalue weighted by Gasteiger charge is -2.15. The van der Waals surface area contributed by atoms with Crippen molar-refractivity contribution in [2.24, 2.45) is 0 Å². The first kappa shape index (κ1) is 14.4. The lowest BCUT2D eigenvalue weighted by atomic mass is 10.0. The molecule has 0 fully saturated rings. The second-order valence-corrected chi connectivity index (χ2v) is 4.12. The van der Waals surface area contributed by atoms with Crippen LogP contribution in [-0.4, -0.2) is 21.3 Å². The summed E-state index contributed by atoms with van der Waals surface area (Å²) in [6.07, 6.45) is 3.27. The smallest absolute Gasteiger partial charge is 0.203 e. The monoisotopic (exact) mass is 250 g/mol. The molecule has 1 aromatic rings. The molecule has 0 spiro atoms. The molecule has 0 N–H and O–H groups in total. The minimum Gasteiger partial charge on any atom is -0.493 e. The Labute approximate surface area is 109 Å². The predicted molar refractivity (Wildman–Crippen MR) is 74.7 cm³/mol. The summed E-state index contributed by atoms with van der Waals surface area (Å²) in [5.41, 5.74) is 2.13. The molecule has 0 saturated carbocycles. The van der Waals surface area contributed by atoms with Gasteiger partial charge < -0.3 is 14.2 Å².